The first-order valence-electron chi connectivity index (χ1n) is 4.29. The minimum atomic E-state index is -0.264. The van der Waals surface area contributed by atoms with Crippen LogP contribution in [0.25, 0.3) is 0 Å². The van der Waals surface area contributed by atoms with Crippen LogP contribution >= 0.6 is 0 Å². The summed E-state index contributed by atoms with van der Waals surface area (Å²) in [5, 5.41) is 11.3. The maximum atomic E-state index is 11.2. The summed E-state index contributed by atoms with van der Waals surface area (Å²) < 4.78 is 4.84. The summed E-state index contributed by atoms with van der Waals surface area (Å²) in [6, 6.07) is 1.66. The number of nitrogens with zero attached hydrogens (tertiary/aromatic N) is 1. The van der Waals surface area contributed by atoms with Gasteiger partial charge in [0.25, 0.3) is 0 Å². The topological polar surface area (TPSA) is 62.1 Å². The van der Waals surface area contributed by atoms with Crippen molar-refractivity contribution in [3.8, 4) is 6.07 Å². The second-order valence-electron chi connectivity index (χ2n) is 2.79. The van der Waals surface area contributed by atoms with E-state index >= 15 is 0 Å². The lowest BCUT2D eigenvalue weighted by atomic mass is 10.2. The number of carbonyl (C=O) groups is 1. The minimum absolute atomic E-state index is 0.233. The number of hydrogen-bond donors (Lipinski definition) is 1. The summed E-state index contributed by atoms with van der Waals surface area (Å²) in [6.45, 7) is 2.17. The first-order valence-corrected chi connectivity index (χ1v) is 4.29. The highest BCUT2D eigenvalue weighted by Gasteiger charge is 2.25. The molecule has 0 aromatic rings. The summed E-state index contributed by atoms with van der Waals surface area (Å²) in [4.78, 5) is 11.2. The van der Waals surface area contributed by atoms with Crippen molar-refractivity contribution < 1.29 is 9.53 Å². The average Bonchev–Trinajstić information content (AvgIpc) is 2.54. The van der Waals surface area contributed by atoms with Gasteiger partial charge in [-0.1, -0.05) is 0 Å². The molecule has 0 aromatic carbocycles. The van der Waals surface area contributed by atoms with Crippen molar-refractivity contribution in [1.82, 2.24) is 5.32 Å². The second-order valence-corrected chi connectivity index (χ2v) is 2.79. The maximum Gasteiger partial charge on any atom is 0.328 e. The second kappa shape index (κ2) is 4.51. The Hall–Kier alpha value is -1.50. The van der Waals surface area contributed by atoms with Crippen molar-refractivity contribution in [1.29, 1.82) is 5.26 Å². The van der Waals surface area contributed by atoms with Gasteiger partial charge in [-0.05, 0) is 19.8 Å². The van der Waals surface area contributed by atoms with Crippen LogP contribution in [0.3, 0.4) is 0 Å². The number of nitriles is 1. The number of hydrogen-bond acceptors (Lipinski definition) is 4. The average molecular weight is 180 g/mol. The van der Waals surface area contributed by atoms with E-state index in [1.165, 1.54) is 6.08 Å². The van der Waals surface area contributed by atoms with E-state index in [0.29, 0.717) is 13.0 Å². The monoisotopic (exact) mass is 180 g/mol. The van der Waals surface area contributed by atoms with Crippen LogP contribution in [0.1, 0.15) is 19.8 Å². The molecule has 0 aliphatic carbocycles. The molecule has 0 saturated carbocycles. The van der Waals surface area contributed by atoms with Crippen molar-refractivity contribution in [2.75, 3.05) is 6.61 Å². The lowest BCUT2D eigenvalue weighted by Gasteiger charge is -2.08. The summed E-state index contributed by atoms with van der Waals surface area (Å²) in [7, 11) is 0. The van der Waals surface area contributed by atoms with Gasteiger partial charge < -0.3 is 10.1 Å². The van der Waals surface area contributed by atoms with E-state index in [-0.39, 0.29) is 12.0 Å². The largest absolute Gasteiger partial charge is 0.464 e. The molecule has 0 radical (unpaired) electrons. The summed E-state index contributed by atoms with van der Waals surface area (Å²) in [5.74, 6) is -0.233. The van der Waals surface area contributed by atoms with E-state index < -0.39 is 0 Å². The molecule has 1 atom stereocenters. The zero-order valence-electron chi connectivity index (χ0n) is 7.54. The summed E-state index contributed by atoms with van der Waals surface area (Å²) in [6.07, 6.45) is 2.89. The number of carbonyl (C=O) groups excluding carboxylic acids is 1. The van der Waals surface area contributed by atoms with Crippen LogP contribution in [0.5, 0.6) is 0 Å². The van der Waals surface area contributed by atoms with Gasteiger partial charge in [0.2, 0.25) is 0 Å². The van der Waals surface area contributed by atoms with Gasteiger partial charge in [0.15, 0.2) is 0 Å². The molecule has 1 aliphatic rings. The Morgan fingerprint density at radius 2 is 2.69 bits per heavy atom. The third-order valence-electron chi connectivity index (χ3n) is 1.87. The first-order chi connectivity index (χ1) is 6.27. The molecule has 1 aliphatic heterocycles. The maximum absolute atomic E-state index is 11.2. The fourth-order valence-corrected chi connectivity index (χ4v) is 1.28. The molecule has 4 heteroatoms. The highest BCUT2D eigenvalue weighted by Crippen LogP contribution is 2.15. The van der Waals surface area contributed by atoms with Crippen LogP contribution in [0.15, 0.2) is 11.8 Å². The van der Waals surface area contributed by atoms with Gasteiger partial charge in [0.05, 0.1) is 12.7 Å². The lowest BCUT2D eigenvalue weighted by molar-refractivity contribution is -0.145. The Labute approximate surface area is 77.2 Å². The number of ether oxygens (including phenoxy) is 1. The van der Waals surface area contributed by atoms with Crippen LogP contribution in [0.2, 0.25) is 0 Å². The molecule has 0 bridgehead atoms. The number of allylic oxidation sites excluding steroid dienone is 2. The molecule has 1 saturated heterocycles. The zero-order chi connectivity index (χ0) is 9.68. The van der Waals surface area contributed by atoms with Gasteiger partial charge in [-0.25, -0.2) is 4.79 Å². The van der Waals surface area contributed by atoms with Crippen LogP contribution in [0.4, 0.5) is 0 Å². The molecule has 13 heavy (non-hydrogen) atoms. The quantitative estimate of drug-likeness (QED) is 0.502. The van der Waals surface area contributed by atoms with Crippen LogP contribution in [-0.4, -0.2) is 18.6 Å². The van der Waals surface area contributed by atoms with Crippen LogP contribution in [0, 0.1) is 11.3 Å². The Kier molecular flexibility index (Phi) is 3.32. The Morgan fingerprint density at radius 3 is 3.31 bits per heavy atom. The third-order valence-corrected chi connectivity index (χ3v) is 1.87. The van der Waals surface area contributed by atoms with E-state index in [0.717, 1.165) is 12.1 Å². The van der Waals surface area contributed by atoms with Crippen LogP contribution < -0.4 is 5.32 Å². The smallest absolute Gasteiger partial charge is 0.328 e. The van der Waals surface area contributed by atoms with Gasteiger partial charge in [0, 0.05) is 11.8 Å². The van der Waals surface area contributed by atoms with Crippen molar-refractivity contribution in [2.45, 2.75) is 25.8 Å². The van der Waals surface area contributed by atoms with E-state index in [4.69, 9.17) is 10.00 Å². The van der Waals surface area contributed by atoms with Gasteiger partial charge >= 0.3 is 5.97 Å². The molecule has 1 rings (SSSR count). The standard InChI is InChI=1S/C9H12N2O2/c1-2-13-9(12)8-4-3-7(11-8)5-6-10/h5,8,11H,2-4H2,1H3/b7-5-/t8-/m0/s1. The minimum Gasteiger partial charge on any atom is -0.464 e. The lowest BCUT2D eigenvalue weighted by Crippen LogP contribution is -2.31. The molecular weight excluding hydrogens is 168 g/mol. The molecule has 1 fully saturated rings. The molecule has 0 amide bonds. The van der Waals surface area contributed by atoms with E-state index in [1.54, 1.807) is 6.92 Å². The highest BCUT2D eigenvalue weighted by atomic mass is 16.5. The van der Waals surface area contributed by atoms with E-state index in [1.807, 2.05) is 6.07 Å². The van der Waals surface area contributed by atoms with E-state index in [9.17, 15) is 4.79 Å². The highest BCUT2D eigenvalue weighted by molar-refractivity contribution is 5.76. The molecule has 1 heterocycles. The van der Waals surface area contributed by atoms with Crippen LogP contribution in [-0.2, 0) is 9.53 Å². The Balaban J connectivity index is 2.46. The fraction of sp³-hybridized carbons (Fsp3) is 0.556. The van der Waals surface area contributed by atoms with Crippen molar-refractivity contribution >= 4 is 5.97 Å². The number of rotatable bonds is 2. The van der Waals surface area contributed by atoms with E-state index in [2.05, 4.69) is 5.32 Å². The van der Waals surface area contributed by atoms with Crippen molar-refractivity contribution in [3.05, 3.63) is 11.8 Å². The Morgan fingerprint density at radius 1 is 1.92 bits per heavy atom. The Bertz CT molecular complexity index is 265. The van der Waals surface area contributed by atoms with Crippen molar-refractivity contribution in [2.24, 2.45) is 0 Å². The van der Waals surface area contributed by atoms with Crippen molar-refractivity contribution in [3.63, 3.8) is 0 Å². The zero-order valence-corrected chi connectivity index (χ0v) is 7.54. The molecule has 70 valence electrons. The molecular formula is C9H12N2O2. The van der Waals surface area contributed by atoms with Gasteiger partial charge in [0.1, 0.15) is 6.04 Å². The third kappa shape index (κ3) is 2.48. The van der Waals surface area contributed by atoms with Gasteiger partial charge in [-0.3, -0.25) is 0 Å². The van der Waals surface area contributed by atoms with Gasteiger partial charge in [-0.2, -0.15) is 5.26 Å². The summed E-state index contributed by atoms with van der Waals surface area (Å²) >= 11 is 0. The predicted molar refractivity (Wildman–Crippen MR) is 46.5 cm³/mol. The normalized spacial score (nSPS) is 23.7. The predicted octanol–water partition coefficient (Wildman–Crippen LogP) is 0.709. The number of nitrogens with one attached hydrogen (secondary N) is 1. The first kappa shape index (κ1) is 9.59. The molecule has 4 nitrogen and oxygen atoms in total. The van der Waals surface area contributed by atoms with Gasteiger partial charge in [-0.15, -0.1) is 0 Å². The molecule has 0 aromatic heterocycles. The molecule has 1 N–H and O–H groups in total. The molecule has 0 spiro atoms. The molecule has 0 unspecified atom stereocenters. The summed E-state index contributed by atoms with van der Waals surface area (Å²) in [5.41, 5.74) is 0.820. The number of esters is 1. The fourth-order valence-electron chi connectivity index (χ4n) is 1.28. The SMILES string of the molecule is CCOC(=O)[C@@H]1CC/C(=C/C#N)N1.